The molecule has 0 spiro atoms. The molecule has 0 amide bonds. The van der Waals surface area contributed by atoms with Gasteiger partial charge < -0.3 is 28.4 Å². The van der Waals surface area contributed by atoms with Gasteiger partial charge in [0, 0.05) is 24.5 Å². The highest BCUT2D eigenvalue weighted by molar-refractivity contribution is 5.87. The van der Waals surface area contributed by atoms with E-state index >= 15 is 0 Å². The van der Waals surface area contributed by atoms with Crippen LogP contribution in [-0.2, 0) is 32.3 Å². The van der Waals surface area contributed by atoms with Crippen LogP contribution in [0.4, 0.5) is 0 Å². The van der Waals surface area contributed by atoms with Crippen LogP contribution in [0.25, 0.3) is 23.5 Å². The molecule has 0 N–H and O–H groups in total. The molecule has 0 unspecified atom stereocenters. The van der Waals surface area contributed by atoms with Crippen molar-refractivity contribution in [2.75, 3.05) is 13.6 Å². The van der Waals surface area contributed by atoms with Crippen molar-refractivity contribution < 1.29 is 38.0 Å². The van der Waals surface area contributed by atoms with E-state index in [1.54, 1.807) is 73.1 Å². The standard InChI is InChI=1S/C32H24N2O8/c35-31(7-3-21-1-5-27-29(15-21)41-19-39-27)37-17-23-9-11-33-25(13-23)26-14-24(10-12-34-26)18-38-32(36)8-4-22-2-6-28-30(16-22)42-20-40-28/h1-16H,17-20H2/b7-3+,8-4+. The Kier molecular flexibility index (Phi) is 7.76. The lowest BCUT2D eigenvalue weighted by Gasteiger charge is -2.07. The number of aromatic nitrogens is 2. The molecule has 2 aromatic heterocycles. The zero-order valence-electron chi connectivity index (χ0n) is 22.2. The first-order chi connectivity index (χ1) is 20.6. The monoisotopic (exact) mass is 564 g/mol. The molecule has 6 rings (SSSR count). The van der Waals surface area contributed by atoms with E-state index in [9.17, 15) is 9.59 Å². The quantitative estimate of drug-likeness (QED) is 0.201. The van der Waals surface area contributed by atoms with Crippen molar-refractivity contribution in [1.29, 1.82) is 0 Å². The first kappa shape index (κ1) is 26.6. The predicted octanol–water partition coefficient (Wildman–Crippen LogP) is 5.11. The van der Waals surface area contributed by atoms with Crippen molar-refractivity contribution in [3.05, 3.63) is 107 Å². The van der Waals surface area contributed by atoms with E-state index in [1.165, 1.54) is 12.2 Å². The summed E-state index contributed by atoms with van der Waals surface area (Å²) in [6.07, 6.45) is 9.26. The molecule has 10 heteroatoms. The highest BCUT2D eigenvalue weighted by Gasteiger charge is 2.14. The van der Waals surface area contributed by atoms with Crippen molar-refractivity contribution in [2.24, 2.45) is 0 Å². The third-order valence-electron chi connectivity index (χ3n) is 6.29. The van der Waals surface area contributed by atoms with Crippen LogP contribution in [0, 0.1) is 0 Å². The van der Waals surface area contributed by atoms with Gasteiger partial charge in [0.1, 0.15) is 13.2 Å². The zero-order valence-corrected chi connectivity index (χ0v) is 22.2. The van der Waals surface area contributed by atoms with Gasteiger partial charge in [0.05, 0.1) is 11.4 Å². The minimum Gasteiger partial charge on any atom is -0.458 e. The molecule has 210 valence electrons. The largest absolute Gasteiger partial charge is 0.458 e. The SMILES string of the molecule is O=C(/C=C/c1ccc2c(c1)OCO2)OCc1ccnc(-c2cc(COC(=O)/C=C/c3ccc4c(c3)OCO4)ccn2)c1. The summed E-state index contributed by atoms with van der Waals surface area (Å²) in [5, 5.41) is 0. The van der Waals surface area contributed by atoms with Crippen molar-refractivity contribution in [3.63, 3.8) is 0 Å². The fraction of sp³-hybridized carbons (Fsp3) is 0.125. The lowest BCUT2D eigenvalue weighted by Crippen LogP contribution is -2.02. The lowest BCUT2D eigenvalue weighted by atomic mass is 10.1. The van der Waals surface area contributed by atoms with Crippen LogP contribution in [-0.4, -0.2) is 35.5 Å². The van der Waals surface area contributed by atoms with Gasteiger partial charge in [-0.05, 0) is 82.9 Å². The fourth-order valence-corrected chi connectivity index (χ4v) is 4.18. The third kappa shape index (κ3) is 6.56. The van der Waals surface area contributed by atoms with Gasteiger partial charge in [-0.1, -0.05) is 12.1 Å². The second-order valence-corrected chi connectivity index (χ2v) is 9.21. The van der Waals surface area contributed by atoms with Crippen LogP contribution >= 0.6 is 0 Å². The van der Waals surface area contributed by atoms with E-state index in [2.05, 4.69) is 9.97 Å². The van der Waals surface area contributed by atoms with Crippen LogP contribution in [0.1, 0.15) is 22.3 Å². The Balaban J connectivity index is 1.02. The number of fused-ring (bicyclic) bond motifs is 2. The number of esters is 2. The summed E-state index contributed by atoms with van der Waals surface area (Å²) in [5.74, 6) is 1.66. The number of carbonyl (C=O) groups is 2. The first-order valence-corrected chi connectivity index (χ1v) is 13.0. The van der Waals surface area contributed by atoms with Crippen LogP contribution in [0.3, 0.4) is 0 Å². The summed E-state index contributed by atoms with van der Waals surface area (Å²) >= 11 is 0. The number of ether oxygens (including phenoxy) is 6. The Labute approximate surface area is 240 Å². The summed E-state index contributed by atoms with van der Waals surface area (Å²) in [4.78, 5) is 33.3. The summed E-state index contributed by atoms with van der Waals surface area (Å²) < 4.78 is 32.1. The minimum absolute atomic E-state index is 0.0623. The molecule has 0 saturated carbocycles. The number of rotatable bonds is 9. The second-order valence-electron chi connectivity index (χ2n) is 9.21. The Hall–Kier alpha value is -5.64. The molecule has 4 aromatic rings. The summed E-state index contributed by atoms with van der Waals surface area (Å²) in [6, 6.07) is 17.9. The van der Waals surface area contributed by atoms with Gasteiger partial charge in [0.15, 0.2) is 23.0 Å². The molecular formula is C32H24N2O8. The normalized spacial score (nSPS) is 13.0. The highest BCUT2D eigenvalue weighted by Crippen LogP contribution is 2.33. The maximum Gasteiger partial charge on any atom is 0.331 e. The Morgan fingerprint density at radius 3 is 1.55 bits per heavy atom. The van der Waals surface area contributed by atoms with Crippen LogP contribution in [0.15, 0.2) is 85.2 Å². The van der Waals surface area contributed by atoms with Gasteiger partial charge in [0.2, 0.25) is 13.6 Å². The van der Waals surface area contributed by atoms with Crippen LogP contribution < -0.4 is 18.9 Å². The summed E-state index contributed by atoms with van der Waals surface area (Å²) in [6.45, 7) is 0.501. The molecule has 0 aliphatic carbocycles. The molecule has 4 heterocycles. The van der Waals surface area contributed by atoms with Gasteiger partial charge in [0.25, 0.3) is 0 Å². The topological polar surface area (TPSA) is 115 Å². The van der Waals surface area contributed by atoms with E-state index in [0.717, 1.165) is 22.3 Å². The Bertz CT molecular complexity index is 1570. The Morgan fingerprint density at radius 2 is 1.07 bits per heavy atom. The molecule has 2 aromatic carbocycles. The molecule has 42 heavy (non-hydrogen) atoms. The van der Waals surface area contributed by atoms with Crippen molar-refractivity contribution >= 4 is 24.1 Å². The smallest absolute Gasteiger partial charge is 0.331 e. The van der Waals surface area contributed by atoms with Crippen LogP contribution in [0.2, 0.25) is 0 Å². The van der Waals surface area contributed by atoms with Crippen molar-refractivity contribution in [1.82, 2.24) is 9.97 Å². The van der Waals surface area contributed by atoms with E-state index in [1.807, 2.05) is 12.1 Å². The van der Waals surface area contributed by atoms with Crippen molar-refractivity contribution in [2.45, 2.75) is 13.2 Å². The average Bonchev–Trinajstić information content (AvgIpc) is 3.70. The van der Waals surface area contributed by atoms with E-state index < -0.39 is 11.9 Å². The molecular weight excluding hydrogens is 540 g/mol. The van der Waals surface area contributed by atoms with E-state index in [4.69, 9.17) is 28.4 Å². The van der Waals surface area contributed by atoms with E-state index in [-0.39, 0.29) is 26.8 Å². The molecule has 0 radical (unpaired) electrons. The number of hydrogen-bond acceptors (Lipinski definition) is 10. The predicted molar refractivity (Wildman–Crippen MR) is 150 cm³/mol. The molecule has 0 atom stereocenters. The molecule has 2 aliphatic rings. The highest BCUT2D eigenvalue weighted by atomic mass is 16.7. The number of hydrogen-bond donors (Lipinski definition) is 0. The first-order valence-electron chi connectivity index (χ1n) is 13.0. The molecule has 2 aliphatic heterocycles. The van der Waals surface area contributed by atoms with Crippen molar-refractivity contribution in [3.8, 4) is 34.4 Å². The number of benzene rings is 2. The summed E-state index contributed by atoms with van der Waals surface area (Å²) in [7, 11) is 0. The maximum atomic E-state index is 12.3. The maximum absolute atomic E-state index is 12.3. The lowest BCUT2D eigenvalue weighted by molar-refractivity contribution is -0.139. The molecule has 0 fully saturated rings. The third-order valence-corrected chi connectivity index (χ3v) is 6.29. The second kappa shape index (κ2) is 12.3. The fourth-order valence-electron chi connectivity index (χ4n) is 4.18. The van der Waals surface area contributed by atoms with Crippen LogP contribution in [0.5, 0.6) is 23.0 Å². The van der Waals surface area contributed by atoms with Gasteiger partial charge in [-0.2, -0.15) is 0 Å². The van der Waals surface area contributed by atoms with Gasteiger partial charge >= 0.3 is 11.9 Å². The molecule has 0 bridgehead atoms. The number of pyridine rings is 2. The molecule has 10 nitrogen and oxygen atoms in total. The van der Waals surface area contributed by atoms with Gasteiger partial charge in [-0.3, -0.25) is 9.97 Å². The van der Waals surface area contributed by atoms with E-state index in [0.29, 0.717) is 34.4 Å². The Morgan fingerprint density at radius 1 is 0.619 bits per heavy atom. The molecule has 0 saturated heterocycles. The zero-order chi connectivity index (χ0) is 28.7. The minimum atomic E-state index is -0.486. The van der Waals surface area contributed by atoms with Gasteiger partial charge in [-0.25, -0.2) is 9.59 Å². The average molecular weight is 565 g/mol. The number of nitrogens with zero attached hydrogens (tertiary/aromatic N) is 2. The number of carbonyl (C=O) groups excluding carboxylic acids is 2. The van der Waals surface area contributed by atoms with Gasteiger partial charge in [-0.15, -0.1) is 0 Å². The summed E-state index contributed by atoms with van der Waals surface area (Å²) in [5.41, 5.74) is 4.26.